The molecule has 0 bridgehead atoms. The standard InChI is InChI=1S/C12H18N4O3S/c1-2-19-11(18)9(13)10(17)15-4-6-16(7-5-15)12-14-3-8-20-12/h3,8-9H,2,4-7,13H2,1H3. The normalized spacial score (nSPS) is 16.9. The molecule has 1 aromatic rings. The van der Waals surface area contributed by atoms with Crippen molar-refractivity contribution in [2.45, 2.75) is 13.0 Å². The molecule has 7 nitrogen and oxygen atoms in total. The highest BCUT2D eigenvalue weighted by molar-refractivity contribution is 7.13. The van der Waals surface area contributed by atoms with Gasteiger partial charge in [0.15, 0.2) is 11.2 Å². The Morgan fingerprint density at radius 2 is 2.15 bits per heavy atom. The molecule has 1 aromatic heterocycles. The summed E-state index contributed by atoms with van der Waals surface area (Å²) in [7, 11) is 0. The molecule has 2 rings (SSSR count). The summed E-state index contributed by atoms with van der Waals surface area (Å²) in [6.07, 6.45) is 1.76. The predicted octanol–water partition coefficient (Wildman–Crippen LogP) is -0.318. The van der Waals surface area contributed by atoms with Crippen LogP contribution in [0, 0.1) is 0 Å². The van der Waals surface area contributed by atoms with Crippen molar-refractivity contribution in [3.63, 3.8) is 0 Å². The van der Waals surface area contributed by atoms with E-state index in [2.05, 4.69) is 9.88 Å². The first kappa shape index (κ1) is 14.7. The van der Waals surface area contributed by atoms with Crippen LogP contribution >= 0.6 is 11.3 Å². The van der Waals surface area contributed by atoms with Crippen molar-refractivity contribution in [2.24, 2.45) is 5.73 Å². The zero-order valence-corrected chi connectivity index (χ0v) is 12.1. The lowest BCUT2D eigenvalue weighted by Gasteiger charge is -2.35. The first-order valence-electron chi connectivity index (χ1n) is 6.49. The molecule has 0 aromatic carbocycles. The Kier molecular flexibility index (Phi) is 4.91. The number of ether oxygens (including phenoxy) is 1. The lowest BCUT2D eigenvalue weighted by atomic mass is 10.2. The first-order chi connectivity index (χ1) is 9.63. The van der Waals surface area contributed by atoms with Crippen molar-refractivity contribution in [2.75, 3.05) is 37.7 Å². The topological polar surface area (TPSA) is 88.8 Å². The summed E-state index contributed by atoms with van der Waals surface area (Å²) in [5.74, 6) is -1.04. The Morgan fingerprint density at radius 3 is 2.70 bits per heavy atom. The molecule has 0 aliphatic carbocycles. The van der Waals surface area contributed by atoms with Crippen LogP contribution in [0.25, 0.3) is 0 Å². The number of esters is 1. The first-order valence-corrected chi connectivity index (χ1v) is 7.37. The molecule has 1 unspecified atom stereocenters. The van der Waals surface area contributed by atoms with Crippen LogP contribution in [0.1, 0.15) is 6.92 Å². The van der Waals surface area contributed by atoms with Crippen LogP contribution < -0.4 is 10.6 Å². The molecular formula is C12H18N4O3S. The number of thiazole rings is 1. The Labute approximate surface area is 121 Å². The van der Waals surface area contributed by atoms with Gasteiger partial charge in [0, 0.05) is 37.8 Å². The molecule has 0 radical (unpaired) electrons. The number of nitrogens with zero attached hydrogens (tertiary/aromatic N) is 3. The van der Waals surface area contributed by atoms with Crippen LogP contribution in [0.2, 0.25) is 0 Å². The van der Waals surface area contributed by atoms with E-state index >= 15 is 0 Å². The number of anilines is 1. The van der Waals surface area contributed by atoms with Crippen LogP contribution in [-0.2, 0) is 14.3 Å². The molecule has 2 heterocycles. The third kappa shape index (κ3) is 3.26. The van der Waals surface area contributed by atoms with Gasteiger partial charge in [-0.3, -0.25) is 4.79 Å². The van der Waals surface area contributed by atoms with Gasteiger partial charge in [-0.25, -0.2) is 9.78 Å². The summed E-state index contributed by atoms with van der Waals surface area (Å²) >= 11 is 1.57. The minimum absolute atomic E-state index is 0.220. The Hall–Kier alpha value is -1.67. The maximum atomic E-state index is 12.1. The molecule has 1 amide bonds. The summed E-state index contributed by atoms with van der Waals surface area (Å²) < 4.78 is 4.77. The Balaban J connectivity index is 1.87. The van der Waals surface area contributed by atoms with E-state index in [0.717, 1.165) is 5.13 Å². The molecule has 1 aliphatic rings. The van der Waals surface area contributed by atoms with E-state index in [1.54, 1.807) is 29.4 Å². The molecule has 0 spiro atoms. The maximum Gasteiger partial charge on any atom is 0.332 e. The summed E-state index contributed by atoms with van der Waals surface area (Å²) in [5, 5.41) is 2.87. The molecule has 0 saturated carbocycles. The van der Waals surface area contributed by atoms with Gasteiger partial charge in [0.05, 0.1) is 6.61 Å². The average Bonchev–Trinajstić information content (AvgIpc) is 3.00. The second-order valence-corrected chi connectivity index (χ2v) is 5.23. The van der Waals surface area contributed by atoms with E-state index in [4.69, 9.17) is 10.5 Å². The van der Waals surface area contributed by atoms with Crippen LogP contribution in [0.15, 0.2) is 11.6 Å². The number of rotatable bonds is 4. The van der Waals surface area contributed by atoms with Crippen molar-refractivity contribution in [3.8, 4) is 0 Å². The monoisotopic (exact) mass is 298 g/mol. The van der Waals surface area contributed by atoms with Gasteiger partial charge >= 0.3 is 5.97 Å². The van der Waals surface area contributed by atoms with Crippen molar-refractivity contribution < 1.29 is 14.3 Å². The number of amides is 1. The number of nitrogens with two attached hydrogens (primary N) is 1. The number of carbonyl (C=O) groups is 2. The summed E-state index contributed by atoms with van der Waals surface area (Å²) in [5.41, 5.74) is 5.62. The second kappa shape index (κ2) is 6.67. The molecule has 2 N–H and O–H groups in total. The van der Waals surface area contributed by atoms with E-state index in [0.29, 0.717) is 26.2 Å². The minimum Gasteiger partial charge on any atom is -0.464 e. The third-order valence-electron chi connectivity index (χ3n) is 3.09. The second-order valence-electron chi connectivity index (χ2n) is 4.36. The SMILES string of the molecule is CCOC(=O)C(N)C(=O)N1CCN(c2nccs2)CC1. The van der Waals surface area contributed by atoms with Gasteiger partial charge in [0.2, 0.25) is 0 Å². The number of hydrogen-bond acceptors (Lipinski definition) is 7. The predicted molar refractivity (Wildman–Crippen MR) is 75.5 cm³/mol. The largest absolute Gasteiger partial charge is 0.464 e. The lowest BCUT2D eigenvalue weighted by Crippen LogP contribution is -2.55. The van der Waals surface area contributed by atoms with E-state index < -0.39 is 12.0 Å². The lowest BCUT2D eigenvalue weighted by molar-refractivity contribution is -0.151. The van der Waals surface area contributed by atoms with Crippen LogP contribution in [0.5, 0.6) is 0 Å². The number of carbonyl (C=O) groups excluding carboxylic acids is 2. The zero-order chi connectivity index (χ0) is 14.5. The average molecular weight is 298 g/mol. The quantitative estimate of drug-likeness (QED) is 0.605. The van der Waals surface area contributed by atoms with Crippen molar-refractivity contribution in [1.82, 2.24) is 9.88 Å². The Bertz CT molecular complexity index is 457. The smallest absolute Gasteiger partial charge is 0.332 e. The minimum atomic E-state index is -1.22. The van der Waals surface area contributed by atoms with Gasteiger partial charge in [-0.1, -0.05) is 0 Å². The van der Waals surface area contributed by atoms with Gasteiger partial charge in [-0.15, -0.1) is 11.3 Å². The van der Waals surface area contributed by atoms with Crippen molar-refractivity contribution in [3.05, 3.63) is 11.6 Å². The van der Waals surface area contributed by atoms with E-state index in [1.165, 1.54) is 0 Å². The highest BCUT2D eigenvalue weighted by Gasteiger charge is 2.30. The summed E-state index contributed by atoms with van der Waals surface area (Å²) in [6.45, 7) is 4.35. The Morgan fingerprint density at radius 1 is 1.45 bits per heavy atom. The fraction of sp³-hybridized carbons (Fsp3) is 0.583. The van der Waals surface area contributed by atoms with Crippen LogP contribution in [-0.4, -0.2) is 60.6 Å². The zero-order valence-electron chi connectivity index (χ0n) is 11.3. The fourth-order valence-corrected chi connectivity index (χ4v) is 2.72. The van der Waals surface area contributed by atoms with Crippen molar-refractivity contribution in [1.29, 1.82) is 0 Å². The summed E-state index contributed by atoms with van der Waals surface area (Å²) in [4.78, 5) is 31.5. The van der Waals surface area contributed by atoms with Gasteiger partial charge in [-0.05, 0) is 6.92 Å². The van der Waals surface area contributed by atoms with E-state index in [1.807, 2.05) is 5.38 Å². The maximum absolute atomic E-state index is 12.1. The highest BCUT2D eigenvalue weighted by atomic mass is 32.1. The van der Waals surface area contributed by atoms with Crippen molar-refractivity contribution >= 4 is 28.3 Å². The number of piperazine rings is 1. The molecule has 1 atom stereocenters. The molecule has 20 heavy (non-hydrogen) atoms. The van der Waals surface area contributed by atoms with E-state index in [9.17, 15) is 9.59 Å². The van der Waals surface area contributed by atoms with Gasteiger partial charge < -0.3 is 20.3 Å². The molecule has 1 saturated heterocycles. The molecule has 1 aliphatic heterocycles. The summed E-state index contributed by atoms with van der Waals surface area (Å²) in [6, 6.07) is -1.22. The third-order valence-corrected chi connectivity index (χ3v) is 3.92. The van der Waals surface area contributed by atoms with Gasteiger partial charge in [-0.2, -0.15) is 0 Å². The molecule has 1 fully saturated rings. The van der Waals surface area contributed by atoms with Crippen LogP contribution in [0.3, 0.4) is 0 Å². The molecular weight excluding hydrogens is 280 g/mol. The van der Waals surface area contributed by atoms with E-state index in [-0.39, 0.29) is 12.5 Å². The van der Waals surface area contributed by atoms with Crippen LogP contribution in [0.4, 0.5) is 5.13 Å². The fourth-order valence-electron chi connectivity index (χ4n) is 2.02. The number of aromatic nitrogens is 1. The van der Waals surface area contributed by atoms with Gasteiger partial charge in [0.25, 0.3) is 5.91 Å². The molecule has 110 valence electrons. The highest BCUT2D eigenvalue weighted by Crippen LogP contribution is 2.19. The van der Waals surface area contributed by atoms with Gasteiger partial charge in [0.1, 0.15) is 0 Å². The molecule has 8 heteroatoms. The number of hydrogen-bond donors (Lipinski definition) is 1.